The molecule has 6 nitrogen and oxygen atoms in total. The Kier molecular flexibility index (Phi) is 7.66. The highest BCUT2D eigenvalue weighted by molar-refractivity contribution is 7.89. The van der Waals surface area contributed by atoms with Gasteiger partial charge < -0.3 is 11.1 Å². The molecule has 2 rings (SSSR count). The third-order valence-corrected chi connectivity index (χ3v) is 5.93. The van der Waals surface area contributed by atoms with E-state index in [0.29, 0.717) is 6.42 Å². The lowest BCUT2D eigenvalue weighted by Gasteiger charge is -2.18. The zero-order chi connectivity index (χ0) is 17.0. The van der Waals surface area contributed by atoms with Gasteiger partial charge in [-0.05, 0) is 50.4 Å². The number of nitrogens with two attached hydrogens (primary N) is 1. The molecule has 1 aromatic rings. The fraction of sp³-hybridized carbons (Fsp3) is 0.562. The number of sulfonamides is 1. The summed E-state index contributed by atoms with van der Waals surface area (Å²) in [6.07, 6.45) is 3.56. The third kappa shape index (κ3) is 5.17. The molecule has 8 heteroatoms. The summed E-state index contributed by atoms with van der Waals surface area (Å²) >= 11 is 0. The van der Waals surface area contributed by atoms with Crippen LogP contribution >= 0.6 is 12.4 Å². The molecular formula is C16H26ClN3O3S. The maximum atomic E-state index is 12.1. The van der Waals surface area contributed by atoms with Crippen molar-refractivity contribution in [3.63, 3.8) is 0 Å². The zero-order valence-corrected chi connectivity index (χ0v) is 15.6. The van der Waals surface area contributed by atoms with E-state index in [2.05, 4.69) is 10.0 Å². The third-order valence-electron chi connectivity index (χ3n) is 4.50. The number of rotatable bonds is 6. The number of hydrogen-bond acceptors (Lipinski definition) is 4. The Balaban J connectivity index is 0.00000288. The van der Waals surface area contributed by atoms with Crippen molar-refractivity contribution in [2.75, 3.05) is 7.05 Å². The first-order valence-electron chi connectivity index (χ1n) is 7.92. The number of amides is 1. The smallest absolute Gasteiger partial charge is 0.240 e. The minimum Gasteiger partial charge on any atom is -0.350 e. The second-order valence-electron chi connectivity index (χ2n) is 6.12. The van der Waals surface area contributed by atoms with E-state index in [0.717, 1.165) is 24.8 Å². The van der Waals surface area contributed by atoms with Crippen LogP contribution in [0.1, 0.15) is 44.2 Å². The van der Waals surface area contributed by atoms with Gasteiger partial charge in [0.15, 0.2) is 0 Å². The minimum atomic E-state index is -3.44. The van der Waals surface area contributed by atoms with Gasteiger partial charge in [0.1, 0.15) is 0 Å². The normalized spacial score (nSPS) is 21.8. The summed E-state index contributed by atoms with van der Waals surface area (Å²) in [5.41, 5.74) is 6.86. The number of hydrogen-bond donors (Lipinski definition) is 3. The highest BCUT2D eigenvalue weighted by Crippen LogP contribution is 2.27. The van der Waals surface area contributed by atoms with Crippen molar-refractivity contribution in [2.45, 2.75) is 49.6 Å². The van der Waals surface area contributed by atoms with Gasteiger partial charge in [0.05, 0.1) is 10.9 Å². The molecule has 1 amide bonds. The van der Waals surface area contributed by atoms with E-state index in [-0.39, 0.29) is 41.2 Å². The summed E-state index contributed by atoms with van der Waals surface area (Å²) in [6.45, 7) is 1.88. The van der Waals surface area contributed by atoms with Gasteiger partial charge in [0, 0.05) is 12.5 Å². The number of nitrogens with one attached hydrogen (secondary N) is 2. The molecule has 1 aromatic carbocycles. The molecule has 0 aromatic heterocycles. The Morgan fingerprint density at radius 1 is 1.29 bits per heavy atom. The first-order chi connectivity index (χ1) is 10.8. The molecule has 0 radical (unpaired) electrons. The molecular weight excluding hydrogens is 350 g/mol. The lowest BCUT2D eigenvalue weighted by molar-refractivity contribution is -0.122. The molecule has 136 valence electrons. The van der Waals surface area contributed by atoms with Crippen molar-refractivity contribution in [1.29, 1.82) is 0 Å². The second kappa shape index (κ2) is 8.80. The minimum absolute atomic E-state index is 0. The quantitative estimate of drug-likeness (QED) is 0.704. The van der Waals surface area contributed by atoms with Crippen molar-refractivity contribution in [2.24, 2.45) is 11.7 Å². The lowest BCUT2D eigenvalue weighted by atomic mass is 9.99. The molecule has 0 bridgehead atoms. The van der Waals surface area contributed by atoms with Crippen molar-refractivity contribution in [1.82, 2.24) is 10.0 Å². The standard InChI is InChI=1S/C16H25N3O3S.ClH/c1-11(19-16(20)10-13-4-3-5-15(13)17)12-6-8-14(9-7-12)23(21,22)18-2;/h6-9,11,13,15,18H,3-5,10,17H2,1-2H3,(H,19,20);1H/t11?,13-,15+;/m0./s1. The van der Waals surface area contributed by atoms with E-state index in [1.54, 1.807) is 12.1 Å². The van der Waals surface area contributed by atoms with E-state index in [1.807, 2.05) is 6.92 Å². The van der Waals surface area contributed by atoms with E-state index in [9.17, 15) is 13.2 Å². The molecule has 0 heterocycles. The van der Waals surface area contributed by atoms with Crippen LogP contribution in [0.15, 0.2) is 29.2 Å². The van der Waals surface area contributed by atoms with Crippen molar-refractivity contribution < 1.29 is 13.2 Å². The molecule has 1 fully saturated rings. The average molecular weight is 376 g/mol. The maximum absolute atomic E-state index is 12.1. The van der Waals surface area contributed by atoms with Crippen LogP contribution < -0.4 is 15.8 Å². The van der Waals surface area contributed by atoms with Gasteiger partial charge in [-0.1, -0.05) is 18.6 Å². The lowest BCUT2D eigenvalue weighted by Crippen LogP contribution is -2.32. The average Bonchev–Trinajstić information content (AvgIpc) is 2.92. The van der Waals surface area contributed by atoms with Crippen molar-refractivity contribution in [3.05, 3.63) is 29.8 Å². The van der Waals surface area contributed by atoms with E-state index in [4.69, 9.17) is 5.73 Å². The molecule has 1 aliphatic rings. The molecule has 0 saturated heterocycles. The Hall–Kier alpha value is -1.15. The summed E-state index contributed by atoms with van der Waals surface area (Å²) < 4.78 is 25.7. The number of carbonyl (C=O) groups is 1. The van der Waals surface area contributed by atoms with Crippen LogP contribution in [0.5, 0.6) is 0 Å². The van der Waals surface area contributed by atoms with Crippen LogP contribution in [0.4, 0.5) is 0 Å². The van der Waals surface area contributed by atoms with E-state index < -0.39 is 10.0 Å². The largest absolute Gasteiger partial charge is 0.350 e. The highest BCUT2D eigenvalue weighted by atomic mass is 35.5. The molecule has 1 saturated carbocycles. The fourth-order valence-corrected chi connectivity index (χ4v) is 3.72. The number of halogens is 1. The molecule has 24 heavy (non-hydrogen) atoms. The Morgan fingerprint density at radius 3 is 2.42 bits per heavy atom. The molecule has 1 aliphatic carbocycles. The van der Waals surface area contributed by atoms with Crippen LogP contribution in [0, 0.1) is 5.92 Å². The van der Waals surface area contributed by atoms with Gasteiger partial charge in [-0.25, -0.2) is 13.1 Å². The van der Waals surface area contributed by atoms with Crippen LogP contribution in [0.2, 0.25) is 0 Å². The Morgan fingerprint density at radius 2 is 1.92 bits per heavy atom. The molecule has 4 N–H and O–H groups in total. The molecule has 0 aliphatic heterocycles. The molecule has 3 atom stereocenters. The maximum Gasteiger partial charge on any atom is 0.240 e. The highest BCUT2D eigenvalue weighted by Gasteiger charge is 2.26. The van der Waals surface area contributed by atoms with Gasteiger partial charge in [0.2, 0.25) is 15.9 Å². The summed E-state index contributed by atoms with van der Waals surface area (Å²) in [4.78, 5) is 12.3. The van der Waals surface area contributed by atoms with Crippen molar-refractivity contribution in [3.8, 4) is 0 Å². The Bertz CT molecular complexity index is 649. The summed E-state index contributed by atoms with van der Waals surface area (Å²) in [7, 11) is -2.06. The van der Waals surface area contributed by atoms with Gasteiger partial charge in [0.25, 0.3) is 0 Å². The molecule has 0 spiro atoms. The predicted molar refractivity (Wildman–Crippen MR) is 96.4 cm³/mol. The van der Waals surface area contributed by atoms with Gasteiger partial charge in [-0.2, -0.15) is 0 Å². The van der Waals surface area contributed by atoms with E-state index in [1.165, 1.54) is 19.2 Å². The first kappa shape index (κ1) is 20.9. The summed E-state index contributed by atoms with van der Waals surface area (Å²) in [6, 6.07) is 6.47. The summed E-state index contributed by atoms with van der Waals surface area (Å²) in [5.74, 6) is 0.261. The fourth-order valence-electron chi connectivity index (χ4n) is 2.99. The second-order valence-corrected chi connectivity index (χ2v) is 8.01. The zero-order valence-electron chi connectivity index (χ0n) is 14.0. The monoisotopic (exact) mass is 375 g/mol. The van der Waals surface area contributed by atoms with E-state index >= 15 is 0 Å². The van der Waals surface area contributed by atoms with Gasteiger partial charge in [-0.15, -0.1) is 12.4 Å². The van der Waals surface area contributed by atoms with Crippen molar-refractivity contribution >= 4 is 28.3 Å². The van der Waals surface area contributed by atoms with Crippen LogP contribution in [-0.4, -0.2) is 27.4 Å². The van der Waals surface area contributed by atoms with Gasteiger partial charge >= 0.3 is 0 Å². The number of benzene rings is 1. The SMILES string of the molecule is CNS(=O)(=O)c1ccc(C(C)NC(=O)C[C@@H]2CCC[C@H]2N)cc1.Cl. The van der Waals surface area contributed by atoms with Crippen LogP contribution in [0.25, 0.3) is 0 Å². The van der Waals surface area contributed by atoms with Crippen LogP contribution in [0.3, 0.4) is 0 Å². The topological polar surface area (TPSA) is 101 Å². The summed E-state index contributed by atoms with van der Waals surface area (Å²) in [5, 5.41) is 2.96. The molecule has 1 unspecified atom stereocenters. The predicted octanol–water partition coefficient (Wildman–Crippen LogP) is 1.71. The Labute approximate surface area is 150 Å². The first-order valence-corrected chi connectivity index (χ1v) is 9.40. The van der Waals surface area contributed by atoms with Crippen LogP contribution in [-0.2, 0) is 14.8 Å². The number of carbonyl (C=O) groups excluding carboxylic acids is 1. The van der Waals surface area contributed by atoms with Gasteiger partial charge in [-0.3, -0.25) is 4.79 Å².